The fraction of sp³-hybridized carbons (Fsp3) is 0.130. The van der Waals surface area contributed by atoms with Gasteiger partial charge >= 0.3 is 12.8 Å². The highest BCUT2D eigenvalue weighted by molar-refractivity contribution is 6.04. The van der Waals surface area contributed by atoms with E-state index in [-0.39, 0.29) is 28.4 Å². The molecule has 0 atom stereocenters. The summed E-state index contributed by atoms with van der Waals surface area (Å²) >= 11 is 0. The monoisotopic (exact) mass is 479 g/mol. The topological polar surface area (TPSA) is 79.5 Å². The number of rotatable bonds is 8. The molecule has 0 bridgehead atoms. The lowest BCUT2D eigenvalue weighted by molar-refractivity contribution is -0.137. The molecule has 0 aliphatic carbocycles. The van der Waals surface area contributed by atoms with E-state index >= 15 is 0 Å². The van der Waals surface area contributed by atoms with Crippen molar-refractivity contribution in [3.8, 4) is 5.75 Å². The zero-order valence-corrected chi connectivity index (χ0v) is 17.3. The van der Waals surface area contributed by atoms with Gasteiger partial charge < -0.3 is 20.7 Å². The minimum atomic E-state index is -4.76. The van der Waals surface area contributed by atoms with Gasteiger partial charge in [0.05, 0.1) is 12.1 Å². The second kappa shape index (κ2) is 10.6. The molecule has 2 amide bonds. The number of nitrogens with one attached hydrogen (secondary N) is 3. The summed E-state index contributed by atoms with van der Waals surface area (Å²) in [6, 6.07) is 16.2. The van der Waals surface area contributed by atoms with E-state index < -0.39 is 36.7 Å². The molecule has 3 rings (SSSR count). The second-order valence-corrected chi connectivity index (χ2v) is 6.88. The lowest BCUT2D eigenvalue weighted by Crippen LogP contribution is -2.23. The predicted molar refractivity (Wildman–Crippen MR) is 116 cm³/mol. The number of halogens is 5. The number of hydrogen-bond donors (Lipinski definition) is 3. The number of carbonyl (C=O) groups is 2. The maximum Gasteiger partial charge on any atom is 0.418 e. The van der Waals surface area contributed by atoms with Crippen molar-refractivity contribution in [3.63, 3.8) is 0 Å². The summed E-state index contributed by atoms with van der Waals surface area (Å²) in [5, 5.41) is 7.25. The van der Waals surface area contributed by atoms with Crippen molar-refractivity contribution >= 4 is 28.9 Å². The third kappa shape index (κ3) is 6.92. The number of hydrogen-bond acceptors (Lipinski definition) is 4. The van der Waals surface area contributed by atoms with Crippen LogP contribution in [0.1, 0.15) is 15.9 Å². The first-order chi connectivity index (χ1) is 16.1. The lowest BCUT2D eigenvalue weighted by Gasteiger charge is -2.16. The number of amides is 2. The Bertz CT molecular complexity index is 1140. The molecular weight excluding hydrogens is 461 g/mol. The number of carbonyl (C=O) groups excluding carboxylic acids is 2. The molecule has 3 N–H and O–H groups in total. The number of benzene rings is 3. The molecule has 0 aromatic heterocycles. The lowest BCUT2D eigenvalue weighted by atomic mass is 10.1. The van der Waals surface area contributed by atoms with Gasteiger partial charge in [-0.3, -0.25) is 9.59 Å². The van der Waals surface area contributed by atoms with Gasteiger partial charge in [0.15, 0.2) is 0 Å². The van der Waals surface area contributed by atoms with Crippen LogP contribution in [0, 0.1) is 0 Å². The van der Waals surface area contributed by atoms with Gasteiger partial charge in [0, 0.05) is 22.6 Å². The molecule has 34 heavy (non-hydrogen) atoms. The Morgan fingerprint density at radius 2 is 1.50 bits per heavy atom. The van der Waals surface area contributed by atoms with Crippen LogP contribution in [0.3, 0.4) is 0 Å². The standard InChI is InChI=1S/C23H18F5N3O3/c24-22(25)34-17-9-6-15(7-10-17)30-20(32)13-29-19-11-8-16(12-18(19)23(26,27)28)31-21(33)14-4-2-1-3-5-14/h1-12,22,29H,13H2,(H,30,32)(H,31,33). The summed E-state index contributed by atoms with van der Waals surface area (Å²) < 4.78 is 69.2. The molecule has 0 aliphatic heterocycles. The minimum absolute atomic E-state index is 0.0673. The molecule has 3 aromatic rings. The van der Waals surface area contributed by atoms with Crippen LogP contribution in [0.25, 0.3) is 0 Å². The van der Waals surface area contributed by atoms with Crippen molar-refractivity contribution in [3.05, 3.63) is 83.9 Å². The Morgan fingerprint density at radius 1 is 0.853 bits per heavy atom. The second-order valence-electron chi connectivity index (χ2n) is 6.88. The molecule has 0 heterocycles. The van der Waals surface area contributed by atoms with Gasteiger partial charge in [-0.25, -0.2) is 0 Å². The molecule has 11 heteroatoms. The quantitative estimate of drug-likeness (QED) is 0.367. The normalized spacial score (nSPS) is 11.1. The van der Waals surface area contributed by atoms with Gasteiger partial charge in [-0.05, 0) is 54.6 Å². The Labute approximate surface area is 190 Å². The van der Waals surface area contributed by atoms with Gasteiger partial charge in [-0.2, -0.15) is 22.0 Å². The number of ether oxygens (including phenoxy) is 1. The highest BCUT2D eigenvalue weighted by Crippen LogP contribution is 2.36. The van der Waals surface area contributed by atoms with Crippen LogP contribution in [0.15, 0.2) is 72.8 Å². The van der Waals surface area contributed by atoms with Crippen molar-refractivity contribution in [1.29, 1.82) is 0 Å². The van der Waals surface area contributed by atoms with Crippen molar-refractivity contribution in [2.24, 2.45) is 0 Å². The van der Waals surface area contributed by atoms with E-state index in [1.807, 2.05) is 0 Å². The summed E-state index contributed by atoms with van der Waals surface area (Å²) in [6.07, 6.45) is -4.76. The Hall–Kier alpha value is -4.15. The van der Waals surface area contributed by atoms with E-state index in [1.54, 1.807) is 18.2 Å². The fourth-order valence-corrected chi connectivity index (χ4v) is 2.90. The molecule has 0 fully saturated rings. The van der Waals surface area contributed by atoms with E-state index in [0.29, 0.717) is 0 Å². The van der Waals surface area contributed by atoms with Crippen molar-refractivity contribution in [2.45, 2.75) is 12.8 Å². The number of alkyl halides is 5. The predicted octanol–water partition coefficient (Wildman–Crippen LogP) is 5.61. The van der Waals surface area contributed by atoms with Crippen LogP contribution >= 0.6 is 0 Å². The SMILES string of the molecule is O=C(CNc1ccc(NC(=O)c2ccccc2)cc1C(F)(F)F)Nc1ccc(OC(F)F)cc1. The van der Waals surface area contributed by atoms with Crippen molar-refractivity contribution in [2.75, 3.05) is 22.5 Å². The Balaban J connectivity index is 1.65. The minimum Gasteiger partial charge on any atom is -0.435 e. The molecule has 6 nitrogen and oxygen atoms in total. The third-order valence-corrected chi connectivity index (χ3v) is 4.42. The number of anilines is 3. The smallest absolute Gasteiger partial charge is 0.418 e. The zero-order valence-electron chi connectivity index (χ0n) is 17.3. The van der Waals surface area contributed by atoms with Crippen LogP contribution in [0.4, 0.5) is 39.0 Å². The molecule has 0 aliphatic rings. The maximum absolute atomic E-state index is 13.6. The largest absolute Gasteiger partial charge is 0.435 e. The highest BCUT2D eigenvalue weighted by Gasteiger charge is 2.34. The molecular formula is C23H18F5N3O3. The molecule has 178 valence electrons. The zero-order chi connectivity index (χ0) is 24.7. The van der Waals surface area contributed by atoms with E-state index in [2.05, 4.69) is 20.7 Å². The summed E-state index contributed by atoms with van der Waals surface area (Å²) in [6.45, 7) is -3.50. The molecule has 0 radical (unpaired) electrons. The first-order valence-electron chi connectivity index (χ1n) is 9.78. The average molecular weight is 479 g/mol. The van der Waals surface area contributed by atoms with Gasteiger partial charge in [-0.1, -0.05) is 18.2 Å². The van der Waals surface area contributed by atoms with Crippen molar-refractivity contribution in [1.82, 2.24) is 0 Å². The molecule has 3 aromatic carbocycles. The Kier molecular flexibility index (Phi) is 7.67. The fourth-order valence-electron chi connectivity index (χ4n) is 2.90. The molecule has 0 spiro atoms. The maximum atomic E-state index is 13.6. The van der Waals surface area contributed by atoms with Crippen molar-refractivity contribution < 1.29 is 36.3 Å². The van der Waals surface area contributed by atoms with E-state index in [9.17, 15) is 31.5 Å². The van der Waals surface area contributed by atoms with Gasteiger partial charge in [0.2, 0.25) is 5.91 Å². The molecule has 0 saturated carbocycles. The Morgan fingerprint density at radius 3 is 2.12 bits per heavy atom. The van der Waals surface area contributed by atoms with Crippen LogP contribution in [0.2, 0.25) is 0 Å². The van der Waals surface area contributed by atoms with E-state index in [1.165, 1.54) is 42.5 Å². The third-order valence-electron chi connectivity index (χ3n) is 4.42. The highest BCUT2D eigenvalue weighted by atomic mass is 19.4. The van der Waals surface area contributed by atoms with E-state index in [4.69, 9.17) is 0 Å². The van der Waals surface area contributed by atoms with Crippen LogP contribution < -0.4 is 20.7 Å². The molecule has 0 saturated heterocycles. The van der Waals surface area contributed by atoms with Gasteiger partial charge in [0.1, 0.15) is 5.75 Å². The first-order valence-corrected chi connectivity index (χ1v) is 9.78. The van der Waals surface area contributed by atoms with E-state index in [0.717, 1.165) is 12.1 Å². The van der Waals surface area contributed by atoms with Crippen LogP contribution in [-0.2, 0) is 11.0 Å². The summed E-state index contributed by atoms with van der Waals surface area (Å²) in [5.74, 6) is -1.35. The van der Waals surface area contributed by atoms with Gasteiger partial charge in [-0.15, -0.1) is 0 Å². The van der Waals surface area contributed by atoms with Crippen LogP contribution in [0.5, 0.6) is 5.75 Å². The summed E-state index contributed by atoms with van der Waals surface area (Å²) in [7, 11) is 0. The van der Waals surface area contributed by atoms with Crippen LogP contribution in [-0.4, -0.2) is 25.0 Å². The summed E-state index contributed by atoms with van der Waals surface area (Å²) in [4.78, 5) is 24.3. The first kappa shape index (κ1) is 24.5. The van der Waals surface area contributed by atoms with Gasteiger partial charge in [0.25, 0.3) is 5.91 Å². The molecule has 0 unspecified atom stereocenters. The summed E-state index contributed by atoms with van der Waals surface area (Å²) in [5.41, 5.74) is -0.977. The average Bonchev–Trinajstić information content (AvgIpc) is 2.79.